The molecule has 1 aromatic carbocycles. The number of likely N-dealkylation sites (N-methyl/N-ethyl adjacent to an activating group) is 1. The van der Waals surface area contributed by atoms with Crippen LogP contribution in [0.3, 0.4) is 0 Å². The molecule has 7 heteroatoms. The van der Waals surface area contributed by atoms with Crippen LogP contribution in [-0.4, -0.2) is 73.8 Å². The minimum atomic E-state index is -0.630. The van der Waals surface area contributed by atoms with Crippen LogP contribution >= 0.6 is 0 Å². The molecule has 3 amide bonds. The third-order valence-corrected chi connectivity index (χ3v) is 4.80. The Bertz CT molecular complexity index is 677. The van der Waals surface area contributed by atoms with Gasteiger partial charge in [-0.05, 0) is 24.6 Å². The summed E-state index contributed by atoms with van der Waals surface area (Å²) in [6.45, 7) is 5.16. The summed E-state index contributed by atoms with van der Waals surface area (Å²) in [5.41, 5.74) is 2.22. The van der Waals surface area contributed by atoms with Crippen LogP contribution < -0.4 is 10.2 Å². The van der Waals surface area contributed by atoms with E-state index in [1.165, 1.54) is 12.5 Å². The summed E-state index contributed by atoms with van der Waals surface area (Å²) >= 11 is 0. The minimum absolute atomic E-state index is 0.0682. The van der Waals surface area contributed by atoms with Gasteiger partial charge in [0, 0.05) is 52.8 Å². The van der Waals surface area contributed by atoms with Crippen molar-refractivity contribution < 1.29 is 14.4 Å². The largest absolute Gasteiger partial charge is 0.374 e. The van der Waals surface area contributed by atoms with Gasteiger partial charge in [0.1, 0.15) is 6.04 Å². The van der Waals surface area contributed by atoms with E-state index in [1.807, 2.05) is 37.1 Å². The molecule has 1 aromatic rings. The second-order valence-electron chi connectivity index (χ2n) is 6.69. The summed E-state index contributed by atoms with van der Waals surface area (Å²) in [7, 11) is 3.50. The summed E-state index contributed by atoms with van der Waals surface area (Å²) in [4.78, 5) is 41.8. The summed E-state index contributed by atoms with van der Waals surface area (Å²) in [6, 6.07) is 7.48. The SMILES string of the molecule is CNC(=O)C1CN(C(C)=O)CCN1C(=O)CCN(C)c1cccc(C)c1. The normalized spacial score (nSPS) is 17.0. The molecule has 142 valence electrons. The Balaban J connectivity index is 2.00. The second-order valence-corrected chi connectivity index (χ2v) is 6.69. The molecule has 1 unspecified atom stereocenters. The van der Waals surface area contributed by atoms with Crippen LogP contribution in [0.2, 0.25) is 0 Å². The lowest BCUT2D eigenvalue weighted by atomic mass is 10.1. The fraction of sp³-hybridized carbons (Fsp3) is 0.526. The van der Waals surface area contributed by atoms with Gasteiger partial charge in [0.2, 0.25) is 17.7 Å². The zero-order valence-corrected chi connectivity index (χ0v) is 16.0. The van der Waals surface area contributed by atoms with E-state index in [1.54, 1.807) is 16.8 Å². The molecule has 1 aliphatic heterocycles. The Morgan fingerprint density at radius 3 is 2.62 bits per heavy atom. The average Bonchev–Trinajstić information content (AvgIpc) is 2.64. The van der Waals surface area contributed by atoms with Crippen LogP contribution in [0.25, 0.3) is 0 Å². The van der Waals surface area contributed by atoms with Crippen molar-refractivity contribution in [2.75, 3.05) is 45.2 Å². The minimum Gasteiger partial charge on any atom is -0.374 e. The average molecular weight is 360 g/mol. The fourth-order valence-electron chi connectivity index (χ4n) is 3.16. The van der Waals surface area contributed by atoms with E-state index in [0.717, 1.165) is 5.69 Å². The van der Waals surface area contributed by atoms with Crippen molar-refractivity contribution in [2.45, 2.75) is 26.3 Å². The van der Waals surface area contributed by atoms with Gasteiger partial charge in [0.25, 0.3) is 0 Å². The summed E-state index contributed by atoms with van der Waals surface area (Å²) < 4.78 is 0. The number of benzene rings is 1. The van der Waals surface area contributed by atoms with Gasteiger partial charge < -0.3 is 20.0 Å². The van der Waals surface area contributed by atoms with Crippen LogP contribution in [0.15, 0.2) is 24.3 Å². The predicted molar refractivity (Wildman–Crippen MR) is 101 cm³/mol. The van der Waals surface area contributed by atoms with Gasteiger partial charge in [-0.15, -0.1) is 0 Å². The lowest BCUT2D eigenvalue weighted by Gasteiger charge is -2.40. The fourth-order valence-corrected chi connectivity index (χ4v) is 3.16. The van der Waals surface area contributed by atoms with E-state index in [-0.39, 0.29) is 24.3 Å². The molecule has 26 heavy (non-hydrogen) atoms. The third kappa shape index (κ3) is 4.74. The molecule has 0 aliphatic carbocycles. The van der Waals surface area contributed by atoms with Crippen LogP contribution in [0.5, 0.6) is 0 Å². The highest BCUT2D eigenvalue weighted by molar-refractivity contribution is 5.89. The number of carbonyl (C=O) groups excluding carboxylic acids is 3. The van der Waals surface area contributed by atoms with Crippen LogP contribution in [0, 0.1) is 6.92 Å². The molecule has 0 radical (unpaired) electrons. The van der Waals surface area contributed by atoms with Crippen molar-refractivity contribution >= 4 is 23.4 Å². The molecule has 1 N–H and O–H groups in total. The highest BCUT2D eigenvalue weighted by Crippen LogP contribution is 2.16. The number of nitrogens with zero attached hydrogens (tertiary/aromatic N) is 3. The number of hydrogen-bond acceptors (Lipinski definition) is 4. The Hall–Kier alpha value is -2.57. The number of hydrogen-bond donors (Lipinski definition) is 1. The number of piperazine rings is 1. The Kier molecular flexibility index (Phi) is 6.60. The molecule has 0 bridgehead atoms. The summed E-state index contributed by atoms with van der Waals surface area (Å²) in [5.74, 6) is -0.386. The molecule has 1 heterocycles. The van der Waals surface area contributed by atoms with Crippen LogP contribution in [-0.2, 0) is 14.4 Å². The third-order valence-electron chi connectivity index (χ3n) is 4.80. The number of aryl methyl sites for hydroxylation is 1. The molecular formula is C19H28N4O3. The molecule has 7 nitrogen and oxygen atoms in total. The van der Waals surface area contributed by atoms with Crippen molar-refractivity contribution in [3.8, 4) is 0 Å². The molecule has 1 atom stereocenters. The van der Waals surface area contributed by atoms with E-state index >= 15 is 0 Å². The highest BCUT2D eigenvalue weighted by atomic mass is 16.2. The van der Waals surface area contributed by atoms with Crippen LogP contribution in [0.1, 0.15) is 18.9 Å². The van der Waals surface area contributed by atoms with Crippen molar-refractivity contribution in [2.24, 2.45) is 0 Å². The van der Waals surface area contributed by atoms with Crippen molar-refractivity contribution in [3.05, 3.63) is 29.8 Å². The standard InChI is InChI=1S/C19H28N4O3/c1-14-6-5-7-16(12-14)21(4)9-8-18(25)23-11-10-22(15(2)24)13-17(23)19(26)20-3/h5-7,12,17H,8-11,13H2,1-4H3,(H,20,26). The molecule has 0 aromatic heterocycles. The number of carbonyl (C=O) groups is 3. The van der Waals surface area contributed by atoms with E-state index in [4.69, 9.17) is 0 Å². The Morgan fingerprint density at radius 1 is 1.27 bits per heavy atom. The zero-order chi connectivity index (χ0) is 19.3. The van der Waals surface area contributed by atoms with Crippen LogP contribution in [0.4, 0.5) is 5.69 Å². The van der Waals surface area contributed by atoms with Gasteiger partial charge >= 0.3 is 0 Å². The summed E-state index contributed by atoms with van der Waals surface area (Å²) in [5, 5.41) is 2.59. The van der Waals surface area contributed by atoms with Gasteiger partial charge in [-0.25, -0.2) is 0 Å². The van der Waals surface area contributed by atoms with Crippen molar-refractivity contribution in [1.82, 2.24) is 15.1 Å². The lowest BCUT2D eigenvalue weighted by molar-refractivity contribution is -0.147. The maximum absolute atomic E-state index is 12.7. The van der Waals surface area contributed by atoms with Crippen molar-refractivity contribution in [1.29, 1.82) is 0 Å². The van der Waals surface area contributed by atoms with E-state index < -0.39 is 6.04 Å². The van der Waals surface area contributed by atoms with Gasteiger partial charge in [0.15, 0.2) is 0 Å². The van der Waals surface area contributed by atoms with Gasteiger partial charge in [-0.2, -0.15) is 0 Å². The maximum Gasteiger partial charge on any atom is 0.244 e. The van der Waals surface area contributed by atoms with Gasteiger partial charge in [0.05, 0.1) is 6.54 Å². The number of amides is 3. The molecule has 1 aliphatic rings. The first-order chi connectivity index (χ1) is 12.3. The monoisotopic (exact) mass is 360 g/mol. The number of anilines is 1. The molecule has 0 saturated carbocycles. The van der Waals surface area contributed by atoms with E-state index in [2.05, 4.69) is 11.4 Å². The zero-order valence-electron chi connectivity index (χ0n) is 16.0. The summed E-state index contributed by atoms with van der Waals surface area (Å²) in [6.07, 6.45) is 0.317. The van der Waals surface area contributed by atoms with E-state index in [0.29, 0.717) is 26.1 Å². The quantitative estimate of drug-likeness (QED) is 0.836. The second kappa shape index (κ2) is 8.69. The van der Waals surface area contributed by atoms with Gasteiger partial charge in [-0.1, -0.05) is 12.1 Å². The highest BCUT2D eigenvalue weighted by Gasteiger charge is 2.35. The number of nitrogens with one attached hydrogen (secondary N) is 1. The maximum atomic E-state index is 12.7. The first kappa shape index (κ1) is 19.8. The topological polar surface area (TPSA) is 73.0 Å². The van der Waals surface area contributed by atoms with Crippen molar-refractivity contribution in [3.63, 3.8) is 0 Å². The lowest BCUT2D eigenvalue weighted by Crippen LogP contribution is -2.61. The molecule has 2 rings (SSSR count). The van der Waals surface area contributed by atoms with Gasteiger partial charge in [-0.3, -0.25) is 14.4 Å². The first-order valence-electron chi connectivity index (χ1n) is 8.88. The molecule has 1 fully saturated rings. The Morgan fingerprint density at radius 2 is 2.00 bits per heavy atom. The smallest absolute Gasteiger partial charge is 0.244 e. The molecule has 1 saturated heterocycles. The Labute approximate surface area is 154 Å². The molecule has 0 spiro atoms. The first-order valence-corrected chi connectivity index (χ1v) is 8.88. The molecular weight excluding hydrogens is 332 g/mol. The number of rotatable bonds is 5. The van der Waals surface area contributed by atoms with E-state index in [9.17, 15) is 14.4 Å². The predicted octanol–water partition coefficient (Wildman–Crippen LogP) is 0.627.